The van der Waals surface area contributed by atoms with E-state index in [0.29, 0.717) is 10.7 Å². The first kappa shape index (κ1) is 13.0. The van der Waals surface area contributed by atoms with Crippen molar-refractivity contribution in [1.29, 1.82) is 0 Å². The molecule has 0 aromatic heterocycles. The molecule has 2 atom stereocenters. The molecular formula is C14H17ClN2O. The average Bonchev–Trinajstić information content (AvgIpc) is 2.67. The van der Waals surface area contributed by atoms with Crippen molar-refractivity contribution in [2.45, 2.75) is 32.2 Å². The summed E-state index contributed by atoms with van der Waals surface area (Å²) >= 11 is 6.17. The Morgan fingerprint density at radius 3 is 3.11 bits per heavy atom. The summed E-state index contributed by atoms with van der Waals surface area (Å²) in [5.41, 5.74) is 7.01. The van der Waals surface area contributed by atoms with Crippen molar-refractivity contribution in [1.82, 2.24) is 0 Å². The Hall–Kier alpha value is -1.44. The lowest BCUT2D eigenvalue weighted by Gasteiger charge is -2.29. The Kier molecular flexibility index (Phi) is 3.65. The van der Waals surface area contributed by atoms with Gasteiger partial charge in [0.1, 0.15) is 5.94 Å². The van der Waals surface area contributed by atoms with Crippen molar-refractivity contribution in [3.63, 3.8) is 0 Å². The molecule has 2 unspecified atom stereocenters. The zero-order valence-electron chi connectivity index (χ0n) is 10.4. The molecule has 1 aromatic carbocycles. The molecule has 2 rings (SSSR count). The third kappa shape index (κ3) is 2.38. The summed E-state index contributed by atoms with van der Waals surface area (Å²) in [6.07, 6.45) is 4.71. The number of hydrogen-bond acceptors (Lipinski definition) is 3. The number of halogens is 1. The molecule has 0 heterocycles. The van der Waals surface area contributed by atoms with Crippen molar-refractivity contribution in [3.05, 3.63) is 29.3 Å². The molecule has 18 heavy (non-hydrogen) atoms. The summed E-state index contributed by atoms with van der Waals surface area (Å²) < 4.78 is 0. The molecule has 3 nitrogen and oxygen atoms in total. The highest BCUT2D eigenvalue weighted by molar-refractivity contribution is 6.35. The fourth-order valence-corrected chi connectivity index (χ4v) is 2.77. The van der Waals surface area contributed by atoms with Gasteiger partial charge in [0, 0.05) is 17.5 Å². The first-order chi connectivity index (χ1) is 8.57. The second-order valence-corrected chi connectivity index (χ2v) is 5.44. The molecule has 1 aromatic rings. The van der Waals surface area contributed by atoms with Gasteiger partial charge in [-0.15, -0.1) is 0 Å². The van der Waals surface area contributed by atoms with Crippen LogP contribution in [0.15, 0.2) is 24.3 Å². The van der Waals surface area contributed by atoms with Crippen molar-refractivity contribution in [3.8, 4) is 0 Å². The Morgan fingerprint density at radius 1 is 1.61 bits per heavy atom. The molecule has 0 aliphatic heterocycles. The Balaban J connectivity index is 2.23. The predicted octanol–water partition coefficient (Wildman–Crippen LogP) is 3.28. The van der Waals surface area contributed by atoms with Crippen LogP contribution >= 0.6 is 11.6 Å². The van der Waals surface area contributed by atoms with Gasteiger partial charge in [0.2, 0.25) is 0 Å². The topological polar surface area (TPSA) is 55.1 Å². The molecule has 96 valence electrons. The zero-order valence-corrected chi connectivity index (χ0v) is 11.1. The summed E-state index contributed by atoms with van der Waals surface area (Å²) in [5, 5.41) is 3.95. The molecule has 1 aliphatic rings. The van der Waals surface area contributed by atoms with Crippen LogP contribution in [0.25, 0.3) is 0 Å². The van der Waals surface area contributed by atoms with Crippen LogP contribution in [0.1, 0.15) is 26.2 Å². The van der Waals surface area contributed by atoms with Crippen molar-refractivity contribution in [2.75, 3.05) is 11.1 Å². The van der Waals surface area contributed by atoms with Gasteiger partial charge in [-0.25, -0.2) is 4.79 Å². The minimum absolute atomic E-state index is 0.157. The van der Waals surface area contributed by atoms with Crippen molar-refractivity contribution < 1.29 is 4.79 Å². The van der Waals surface area contributed by atoms with Gasteiger partial charge in [0.25, 0.3) is 0 Å². The van der Waals surface area contributed by atoms with E-state index in [9.17, 15) is 4.79 Å². The van der Waals surface area contributed by atoms with E-state index in [1.807, 2.05) is 18.1 Å². The predicted molar refractivity (Wildman–Crippen MR) is 75.5 cm³/mol. The van der Waals surface area contributed by atoms with Crippen LogP contribution in [0, 0.1) is 5.41 Å². The maximum atomic E-state index is 10.6. The van der Waals surface area contributed by atoms with E-state index in [0.717, 1.165) is 24.9 Å². The lowest BCUT2D eigenvalue weighted by Crippen LogP contribution is -2.32. The number of anilines is 2. The number of nitrogens with two attached hydrogens (primary N) is 1. The van der Waals surface area contributed by atoms with Crippen LogP contribution in [0.5, 0.6) is 0 Å². The molecule has 3 N–H and O–H groups in total. The van der Waals surface area contributed by atoms with Gasteiger partial charge >= 0.3 is 0 Å². The SMILES string of the molecule is CC1(C=C=O)CCCC1Nc1cccc(N)c1Cl. The highest BCUT2D eigenvalue weighted by atomic mass is 35.5. The van der Waals surface area contributed by atoms with E-state index < -0.39 is 0 Å². The molecule has 0 amide bonds. The molecular weight excluding hydrogens is 248 g/mol. The standard InChI is InChI=1S/C14H17ClN2O/c1-14(8-9-18)7-3-6-12(14)17-11-5-2-4-10(16)13(11)15/h2,4-5,8,12,17H,3,6-7,16H2,1H3. The monoisotopic (exact) mass is 264 g/mol. The third-order valence-electron chi connectivity index (χ3n) is 3.75. The lowest BCUT2D eigenvalue weighted by atomic mass is 9.85. The number of benzene rings is 1. The summed E-state index contributed by atoms with van der Waals surface area (Å²) in [7, 11) is 0. The molecule has 0 saturated heterocycles. The Labute approximate surface area is 112 Å². The van der Waals surface area contributed by atoms with Crippen molar-refractivity contribution in [2.24, 2.45) is 5.41 Å². The number of rotatable bonds is 3. The van der Waals surface area contributed by atoms with E-state index in [-0.39, 0.29) is 11.5 Å². The first-order valence-corrected chi connectivity index (χ1v) is 6.47. The van der Waals surface area contributed by atoms with Gasteiger partial charge < -0.3 is 11.1 Å². The van der Waals surface area contributed by atoms with Crippen LogP contribution in [0.3, 0.4) is 0 Å². The van der Waals surface area contributed by atoms with Gasteiger partial charge in [-0.05, 0) is 25.0 Å². The number of nitrogen functional groups attached to an aromatic ring is 1. The maximum absolute atomic E-state index is 10.6. The summed E-state index contributed by atoms with van der Waals surface area (Å²) in [6.45, 7) is 2.07. The first-order valence-electron chi connectivity index (χ1n) is 6.09. The van der Waals surface area contributed by atoms with E-state index >= 15 is 0 Å². The maximum Gasteiger partial charge on any atom is 0.120 e. The highest BCUT2D eigenvalue weighted by Crippen LogP contribution is 2.41. The van der Waals surface area contributed by atoms with Crippen LogP contribution in [0.4, 0.5) is 11.4 Å². The summed E-state index contributed by atoms with van der Waals surface area (Å²) in [4.78, 5) is 10.6. The molecule has 1 saturated carbocycles. The van der Waals surface area contributed by atoms with Crippen molar-refractivity contribution >= 4 is 28.9 Å². The summed E-state index contributed by atoms with van der Waals surface area (Å²) in [6, 6.07) is 5.73. The Morgan fingerprint density at radius 2 is 2.39 bits per heavy atom. The van der Waals surface area contributed by atoms with E-state index in [1.54, 1.807) is 12.1 Å². The smallest absolute Gasteiger partial charge is 0.120 e. The number of hydrogen-bond donors (Lipinski definition) is 2. The second kappa shape index (κ2) is 5.05. The van der Waals surface area contributed by atoms with E-state index in [1.165, 1.54) is 0 Å². The molecule has 0 bridgehead atoms. The van der Waals surface area contributed by atoms with Gasteiger partial charge in [-0.2, -0.15) is 0 Å². The molecule has 0 radical (unpaired) electrons. The molecule has 1 fully saturated rings. The van der Waals surface area contributed by atoms with Crippen LogP contribution < -0.4 is 11.1 Å². The van der Waals surface area contributed by atoms with Gasteiger partial charge in [-0.1, -0.05) is 31.0 Å². The van der Waals surface area contributed by atoms with Gasteiger partial charge in [-0.3, -0.25) is 0 Å². The fourth-order valence-electron chi connectivity index (χ4n) is 2.58. The summed E-state index contributed by atoms with van der Waals surface area (Å²) in [5.74, 6) is 1.92. The number of nitrogens with one attached hydrogen (secondary N) is 1. The molecule has 4 heteroatoms. The highest BCUT2D eigenvalue weighted by Gasteiger charge is 2.37. The van der Waals surface area contributed by atoms with E-state index in [4.69, 9.17) is 17.3 Å². The van der Waals surface area contributed by atoms with Crippen LogP contribution in [-0.2, 0) is 4.79 Å². The normalized spacial score (nSPS) is 26.7. The zero-order chi connectivity index (χ0) is 13.2. The molecule has 0 spiro atoms. The van der Waals surface area contributed by atoms with Crippen LogP contribution in [0.2, 0.25) is 5.02 Å². The average molecular weight is 265 g/mol. The number of carbonyl (C=O) groups excluding carboxylic acids is 1. The fraction of sp³-hybridized carbons (Fsp3) is 0.429. The largest absolute Gasteiger partial charge is 0.397 e. The lowest BCUT2D eigenvalue weighted by molar-refractivity contribution is 0.408. The van der Waals surface area contributed by atoms with Gasteiger partial charge in [0.05, 0.1) is 16.4 Å². The minimum Gasteiger partial charge on any atom is -0.397 e. The molecule has 1 aliphatic carbocycles. The third-order valence-corrected chi connectivity index (χ3v) is 4.17. The van der Waals surface area contributed by atoms with E-state index in [2.05, 4.69) is 12.2 Å². The quantitative estimate of drug-likeness (QED) is 0.651. The second-order valence-electron chi connectivity index (χ2n) is 5.07. The van der Waals surface area contributed by atoms with Gasteiger partial charge in [0.15, 0.2) is 0 Å². The van der Waals surface area contributed by atoms with Crippen LogP contribution in [-0.4, -0.2) is 12.0 Å². The Bertz CT molecular complexity index is 497. The minimum atomic E-state index is -0.157.